The molecule has 1 saturated carbocycles. The lowest BCUT2D eigenvalue weighted by Gasteiger charge is -2.38. The van der Waals surface area contributed by atoms with Crippen molar-refractivity contribution >= 4 is 11.7 Å². The first-order valence-electron chi connectivity index (χ1n) is 10.8. The summed E-state index contributed by atoms with van der Waals surface area (Å²) < 4.78 is 0. The maximum absolute atomic E-state index is 13.1. The van der Waals surface area contributed by atoms with Crippen molar-refractivity contribution in [1.29, 1.82) is 0 Å². The van der Waals surface area contributed by atoms with Crippen LogP contribution in [-0.4, -0.2) is 64.9 Å². The smallest absolute Gasteiger partial charge is 0.225 e. The summed E-state index contributed by atoms with van der Waals surface area (Å²) in [5.74, 6) is 2.54. The molecular formula is C21H33N5O. The van der Waals surface area contributed by atoms with Crippen LogP contribution >= 0.6 is 0 Å². The second-order valence-electron chi connectivity index (χ2n) is 8.29. The average molecular weight is 372 g/mol. The van der Waals surface area contributed by atoms with Crippen molar-refractivity contribution in [1.82, 2.24) is 19.8 Å². The van der Waals surface area contributed by atoms with E-state index >= 15 is 0 Å². The van der Waals surface area contributed by atoms with Crippen molar-refractivity contribution in [3.63, 3.8) is 0 Å². The molecule has 6 nitrogen and oxygen atoms in total. The molecule has 0 unspecified atom stereocenters. The quantitative estimate of drug-likeness (QED) is 0.817. The van der Waals surface area contributed by atoms with E-state index in [1.807, 2.05) is 6.92 Å². The monoisotopic (exact) mass is 371 g/mol. The van der Waals surface area contributed by atoms with Gasteiger partial charge in [0.05, 0.1) is 12.2 Å². The second kappa shape index (κ2) is 8.13. The standard InChI is InChI=1S/C21H33N5O/c1-3-24-11-13-25(14-12-24)20-18-15-26(10-9-19(18)22-16(2)23-20)21(27)17-7-5-4-6-8-17/h17H,3-15H2,1-2H3. The number of amides is 1. The van der Waals surface area contributed by atoms with Gasteiger partial charge in [0.1, 0.15) is 11.6 Å². The number of nitrogens with zero attached hydrogens (tertiary/aromatic N) is 5. The van der Waals surface area contributed by atoms with E-state index in [0.717, 1.165) is 75.9 Å². The van der Waals surface area contributed by atoms with Gasteiger partial charge in [-0.15, -0.1) is 0 Å². The molecule has 6 heteroatoms. The molecule has 2 fully saturated rings. The Morgan fingerprint density at radius 1 is 1.04 bits per heavy atom. The first-order valence-corrected chi connectivity index (χ1v) is 10.8. The van der Waals surface area contributed by atoms with Crippen LogP contribution in [0.4, 0.5) is 5.82 Å². The van der Waals surface area contributed by atoms with E-state index in [9.17, 15) is 4.79 Å². The number of aromatic nitrogens is 2. The van der Waals surface area contributed by atoms with Gasteiger partial charge in [-0.1, -0.05) is 26.2 Å². The number of rotatable bonds is 3. The third-order valence-corrected chi connectivity index (χ3v) is 6.54. The van der Waals surface area contributed by atoms with Gasteiger partial charge in [0.25, 0.3) is 0 Å². The fourth-order valence-electron chi connectivity index (χ4n) is 4.85. The summed E-state index contributed by atoms with van der Waals surface area (Å²) in [5.41, 5.74) is 2.35. The number of hydrogen-bond donors (Lipinski definition) is 0. The van der Waals surface area contributed by atoms with Gasteiger partial charge in [-0.2, -0.15) is 0 Å². The molecule has 0 bridgehead atoms. The van der Waals surface area contributed by atoms with E-state index < -0.39 is 0 Å². The molecule has 0 atom stereocenters. The van der Waals surface area contributed by atoms with Crippen LogP contribution in [0.15, 0.2) is 0 Å². The van der Waals surface area contributed by atoms with Crippen molar-refractivity contribution in [3.05, 3.63) is 17.1 Å². The molecule has 1 aromatic heterocycles. The average Bonchev–Trinajstić information content (AvgIpc) is 2.73. The molecule has 0 spiro atoms. The highest BCUT2D eigenvalue weighted by molar-refractivity contribution is 5.79. The van der Waals surface area contributed by atoms with Gasteiger partial charge >= 0.3 is 0 Å². The molecule has 3 heterocycles. The summed E-state index contributed by atoms with van der Waals surface area (Å²) in [6.45, 7) is 11.0. The molecule has 0 aromatic carbocycles. The number of carbonyl (C=O) groups is 1. The lowest BCUT2D eigenvalue weighted by atomic mass is 9.87. The van der Waals surface area contributed by atoms with Gasteiger partial charge in [0.2, 0.25) is 5.91 Å². The first kappa shape index (κ1) is 18.7. The summed E-state index contributed by atoms with van der Waals surface area (Å²) in [7, 11) is 0. The predicted molar refractivity (Wildman–Crippen MR) is 107 cm³/mol. The molecule has 1 aliphatic carbocycles. The van der Waals surface area contributed by atoms with Crippen molar-refractivity contribution < 1.29 is 4.79 Å². The number of aryl methyl sites for hydroxylation is 1. The van der Waals surface area contributed by atoms with Crippen LogP contribution in [0.25, 0.3) is 0 Å². The van der Waals surface area contributed by atoms with E-state index in [-0.39, 0.29) is 5.92 Å². The molecule has 1 saturated heterocycles. The highest BCUT2D eigenvalue weighted by Crippen LogP contribution is 2.31. The molecule has 1 aromatic rings. The minimum atomic E-state index is 0.239. The highest BCUT2D eigenvalue weighted by atomic mass is 16.2. The van der Waals surface area contributed by atoms with Gasteiger partial charge in [0, 0.05) is 50.6 Å². The Morgan fingerprint density at radius 2 is 1.78 bits per heavy atom. The van der Waals surface area contributed by atoms with Crippen LogP contribution in [0, 0.1) is 12.8 Å². The summed E-state index contributed by atoms with van der Waals surface area (Å²) in [5, 5.41) is 0. The number of likely N-dealkylation sites (N-methyl/N-ethyl adjacent to an activating group) is 1. The van der Waals surface area contributed by atoms with Crippen molar-refractivity contribution in [2.75, 3.05) is 44.2 Å². The molecule has 1 amide bonds. The van der Waals surface area contributed by atoms with Crippen molar-refractivity contribution in [2.45, 2.75) is 58.9 Å². The number of fused-ring (bicyclic) bond motifs is 1. The van der Waals surface area contributed by atoms with Gasteiger partial charge in [0.15, 0.2) is 0 Å². The predicted octanol–water partition coefficient (Wildman–Crippen LogP) is 2.39. The Hall–Kier alpha value is -1.69. The van der Waals surface area contributed by atoms with Gasteiger partial charge < -0.3 is 14.7 Å². The SMILES string of the molecule is CCN1CCN(c2nc(C)nc3c2CN(C(=O)C2CCCCC2)CC3)CC1. The van der Waals surface area contributed by atoms with E-state index in [0.29, 0.717) is 12.5 Å². The Balaban J connectivity index is 1.54. The molecule has 27 heavy (non-hydrogen) atoms. The summed E-state index contributed by atoms with van der Waals surface area (Å²) >= 11 is 0. The zero-order valence-electron chi connectivity index (χ0n) is 16.9. The normalized spacial score (nSPS) is 22.0. The van der Waals surface area contributed by atoms with Gasteiger partial charge in [-0.3, -0.25) is 4.79 Å². The molecule has 0 radical (unpaired) electrons. The Labute approximate surface area is 162 Å². The lowest BCUT2D eigenvalue weighted by Crippen LogP contribution is -2.48. The molecule has 0 N–H and O–H groups in total. The largest absolute Gasteiger partial charge is 0.354 e. The minimum Gasteiger partial charge on any atom is -0.354 e. The maximum atomic E-state index is 13.1. The summed E-state index contributed by atoms with van der Waals surface area (Å²) in [6.07, 6.45) is 6.69. The molecular weight excluding hydrogens is 338 g/mol. The van der Waals surface area contributed by atoms with Crippen LogP contribution in [0.5, 0.6) is 0 Å². The van der Waals surface area contributed by atoms with Crippen molar-refractivity contribution in [3.8, 4) is 0 Å². The second-order valence-corrected chi connectivity index (χ2v) is 8.29. The summed E-state index contributed by atoms with van der Waals surface area (Å²) in [6, 6.07) is 0. The van der Waals surface area contributed by atoms with E-state index in [2.05, 4.69) is 21.6 Å². The van der Waals surface area contributed by atoms with Crippen LogP contribution in [-0.2, 0) is 17.8 Å². The van der Waals surface area contributed by atoms with E-state index in [4.69, 9.17) is 9.97 Å². The molecule has 2 aliphatic heterocycles. The molecule has 148 valence electrons. The zero-order chi connectivity index (χ0) is 18.8. The Kier molecular flexibility index (Phi) is 5.62. The topological polar surface area (TPSA) is 52.6 Å². The van der Waals surface area contributed by atoms with Crippen molar-refractivity contribution in [2.24, 2.45) is 5.92 Å². The van der Waals surface area contributed by atoms with Crippen LogP contribution in [0.3, 0.4) is 0 Å². The van der Waals surface area contributed by atoms with Gasteiger partial charge in [-0.05, 0) is 26.3 Å². The number of anilines is 1. The highest BCUT2D eigenvalue weighted by Gasteiger charge is 2.31. The zero-order valence-corrected chi connectivity index (χ0v) is 16.9. The molecule has 4 rings (SSSR count). The number of hydrogen-bond acceptors (Lipinski definition) is 5. The Bertz CT molecular complexity index is 677. The van der Waals surface area contributed by atoms with Gasteiger partial charge in [-0.25, -0.2) is 9.97 Å². The van der Waals surface area contributed by atoms with E-state index in [1.54, 1.807) is 0 Å². The Morgan fingerprint density at radius 3 is 2.48 bits per heavy atom. The minimum absolute atomic E-state index is 0.239. The third kappa shape index (κ3) is 3.96. The third-order valence-electron chi connectivity index (χ3n) is 6.54. The maximum Gasteiger partial charge on any atom is 0.225 e. The number of carbonyl (C=O) groups excluding carboxylic acids is 1. The van der Waals surface area contributed by atoms with Crippen LogP contribution < -0.4 is 4.90 Å². The fourth-order valence-corrected chi connectivity index (χ4v) is 4.85. The van der Waals surface area contributed by atoms with E-state index in [1.165, 1.54) is 24.8 Å². The fraction of sp³-hybridized carbons (Fsp3) is 0.762. The van der Waals surface area contributed by atoms with Crippen LogP contribution in [0.2, 0.25) is 0 Å². The lowest BCUT2D eigenvalue weighted by molar-refractivity contribution is -0.137. The van der Waals surface area contributed by atoms with Crippen LogP contribution in [0.1, 0.15) is 56.1 Å². The number of piperazine rings is 1. The first-order chi connectivity index (χ1) is 13.2. The summed E-state index contributed by atoms with van der Waals surface area (Å²) in [4.78, 5) is 29.6. The molecule has 3 aliphatic rings.